The molecule has 14 nitrogen and oxygen atoms in total. The van der Waals surface area contributed by atoms with Gasteiger partial charge in [-0.3, -0.25) is 4.79 Å². The molecule has 1 aromatic rings. The molecule has 3 aliphatic heterocycles. The molecule has 38 heavy (non-hydrogen) atoms. The largest absolute Gasteiger partial charge is 0.462 e. The Morgan fingerprint density at radius 1 is 0.789 bits per heavy atom. The van der Waals surface area contributed by atoms with Crippen LogP contribution in [0.4, 0.5) is 0 Å². The lowest BCUT2D eigenvalue weighted by atomic mass is 9.97. The molecular weight excluding hydrogens is 510 g/mol. The SMILES string of the molecule is O=c1ccc2nc3ccc(O[C@@H]4O[C@H](CO)[C@@H](O[C@@H]5O[C@H](CO)[C@@H](O)[C@H](O)[C@H]5O)[C@H](O)[C@H]4O)cc3oc-2c1. The molecule has 0 aromatic heterocycles. The summed E-state index contributed by atoms with van der Waals surface area (Å²) in [5, 5.41) is 70.8. The van der Waals surface area contributed by atoms with Gasteiger partial charge in [0.25, 0.3) is 0 Å². The van der Waals surface area contributed by atoms with Crippen LogP contribution < -0.4 is 10.2 Å². The van der Waals surface area contributed by atoms with Gasteiger partial charge in [0, 0.05) is 12.1 Å². The maximum Gasteiger partial charge on any atom is 0.229 e. The number of aromatic nitrogens is 1. The highest BCUT2D eigenvalue weighted by molar-refractivity contribution is 5.77. The second kappa shape index (κ2) is 10.8. The third-order valence-electron chi connectivity index (χ3n) is 6.54. The molecule has 1 aromatic carbocycles. The van der Waals surface area contributed by atoms with Gasteiger partial charge in [-0.1, -0.05) is 0 Å². The van der Waals surface area contributed by atoms with Gasteiger partial charge in [0.1, 0.15) is 65.8 Å². The van der Waals surface area contributed by atoms with Gasteiger partial charge in [0.05, 0.1) is 13.2 Å². The van der Waals surface area contributed by atoms with E-state index in [4.69, 9.17) is 23.4 Å². The van der Waals surface area contributed by atoms with Crippen LogP contribution in [0.5, 0.6) is 5.75 Å². The Labute approximate surface area is 214 Å². The Balaban J connectivity index is 1.33. The van der Waals surface area contributed by atoms with Gasteiger partial charge in [-0.15, -0.1) is 0 Å². The quantitative estimate of drug-likeness (QED) is 0.159. The van der Waals surface area contributed by atoms with Gasteiger partial charge in [-0.2, -0.15) is 0 Å². The topological polar surface area (TPSA) is 222 Å². The average molecular weight is 537 g/mol. The molecule has 0 bridgehead atoms. The monoisotopic (exact) mass is 537 g/mol. The summed E-state index contributed by atoms with van der Waals surface area (Å²) >= 11 is 0. The summed E-state index contributed by atoms with van der Waals surface area (Å²) in [5.74, 6) is 0.418. The Kier molecular flexibility index (Phi) is 7.61. The fourth-order valence-electron chi connectivity index (χ4n) is 4.45. The highest BCUT2D eigenvalue weighted by atomic mass is 16.7. The van der Waals surface area contributed by atoms with Crippen molar-refractivity contribution in [3.63, 3.8) is 0 Å². The van der Waals surface area contributed by atoms with Crippen LogP contribution in [0.25, 0.3) is 22.6 Å². The van der Waals surface area contributed by atoms with Crippen molar-refractivity contribution in [2.75, 3.05) is 13.2 Å². The zero-order chi connectivity index (χ0) is 27.1. The molecule has 0 saturated carbocycles. The van der Waals surface area contributed by atoms with Gasteiger partial charge in [0.15, 0.2) is 23.1 Å². The fraction of sp³-hybridized carbons (Fsp3) is 0.500. The minimum absolute atomic E-state index is 0.155. The summed E-state index contributed by atoms with van der Waals surface area (Å²) in [6, 6.07) is 8.75. The summed E-state index contributed by atoms with van der Waals surface area (Å²) in [6.07, 6.45) is -15.7. The van der Waals surface area contributed by atoms with Crippen LogP contribution in [0.3, 0.4) is 0 Å². The number of nitrogens with zero attached hydrogens (tertiary/aromatic N) is 1. The summed E-state index contributed by atoms with van der Waals surface area (Å²) in [6.45, 7) is -1.40. The lowest BCUT2D eigenvalue weighted by molar-refractivity contribution is -0.352. The van der Waals surface area contributed by atoms with Crippen LogP contribution in [0.15, 0.2) is 45.6 Å². The summed E-state index contributed by atoms with van der Waals surface area (Å²) < 4.78 is 27.9. The first-order valence-electron chi connectivity index (χ1n) is 11.8. The van der Waals surface area contributed by atoms with E-state index in [0.717, 1.165) is 0 Å². The molecule has 5 rings (SSSR count). The minimum Gasteiger partial charge on any atom is -0.462 e. The van der Waals surface area contributed by atoms with Crippen molar-refractivity contribution in [1.82, 2.24) is 4.98 Å². The first-order valence-corrected chi connectivity index (χ1v) is 11.8. The molecule has 0 radical (unpaired) electrons. The summed E-state index contributed by atoms with van der Waals surface area (Å²) in [4.78, 5) is 16.1. The second-order valence-electron chi connectivity index (χ2n) is 9.10. The normalized spacial score (nSPS) is 36.0. The molecule has 14 heteroatoms. The lowest BCUT2D eigenvalue weighted by Gasteiger charge is -2.45. The van der Waals surface area contributed by atoms with Gasteiger partial charge in [-0.25, -0.2) is 4.98 Å². The number of ether oxygens (including phenoxy) is 4. The van der Waals surface area contributed by atoms with E-state index in [9.17, 15) is 40.5 Å². The van der Waals surface area contributed by atoms with Crippen molar-refractivity contribution in [1.29, 1.82) is 0 Å². The highest BCUT2D eigenvalue weighted by Crippen LogP contribution is 2.32. The number of fused-ring (bicyclic) bond motifs is 2. The molecule has 2 saturated heterocycles. The van der Waals surface area contributed by atoms with Crippen LogP contribution in [0, 0.1) is 0 Å². The van der Waals surface area contributed by atoms with E-state index in [2.05, 4.69) is 4.98 Å². The van der Waals surface area contributed by atoms with E-state index in [1.165, 1.54) is 30.3 Å². The predicted octanol–water partition coefficient (Wildman–Crippen LogP) is -2.70. The van der Waals surface area contributed by atoms with Crippen molar-refractivity contribution in [2.24, 2.45) is 0 Å². The van der Waals surface area contributed by atoms with E-state index in [1.807, 2.05) is 0 Å². The summed E-state index contributed by atoms with van der Waals surface area (Å²) in [7, 11) is 0. The maximum atomic E-state index is 11.6. The van der Waals surface area contributed by atoms with Gasteiger partial charge in [-0.05, 0) is 24.3 Å². The van der Waals surface area contributed by atoms with Crippen LogP contribution in [-0.4, -0.2) is 115 Å². The maximum absolute atomic E-state index is 11.6. The Hall–Kier alpha value is -2.76. The summed E-state index contributed by atoms with van der Waals surface area (Å²) in [5.41, 5.74) is 0.970. The fourth-order valence-corrected chi connectivity index (χ4v) is 4.45. The van der Waals surface area contributed by atoms with Crippen LogP contribution >= 0.6 is 0 Å². The van der Waals surface area contributed by atoms with E-state index in [0.29, 0.717) is 11.2 Å². The highest BCUT2D eigenvalue weighted by Gasteiger charge is 2.51. The molecule has 206 valence electrons. The van der Waals surface area contributed by atoms with E-state index in [1.54, 1.807) is 6.07 Å². The van der Waals surface area contributed by atoms with Gasteiger partial charge in [0.2, 0.25) is 6.29 Å². The number of rotatable bonds is 6. The van der Waals surface area contributed by atoms with E-state index >= 15 is 0 Å². The Morgan fingerprint density at radius 2 is 1.50 bits per heavy atom. The van der Waals surface area contributed by atoms with E-state index < -0.39 is 74.6 Å². The molecule has 4 aliphatic rings. The molecule has 2 fully saturated rings. The van der Waals surface area contributed by atoms with Crippen LogP contribution in [0.1, 0.15) is 0 Å². The molecular formula is C24H27NO13. The van der Waals surface area contributed by atoms with Crippen molar-refractivity contribution < 1.29 is 59.1 Å². The van der Waals surface area contributed by atoms with Crippen molar-refractivity contribution in [3.8, 4) is 17.2 Å². The predicted molar refractivity (Wildman–Crippen MR) is 124 cm³/mol. The average Bonchev–Trinajstić information content (AvgIpc) is 2.91. The first kappa shape index (κ1) is 26.8. The van der Waals surface area contributed by atoms with Crippen LogP contribution in [0.2, 0.25) is 0 Å². The smallest absolute Gasteiger partial charge is 0.229 e. The van der Waals surface area contributed by atoms with E-state index in [-0.39, 0.29) is 22.5 Å². The number of benzene rings is 2. The molecule has 0 amide bonds. The number of aliphatic hydroxyl groups excluding tert-OH is 7. The Bertz CT molecular complexity index is 1280. The lowest BCUT2D eigenvalue weighted by Crippen LogP contribution is -2.65. The standard InChI is InChI=1S/C24H27NO13/c26-7-15-17(29)18(30)20(32)24(36-15)38-22-16(8-27)37-23(21(33)19(22)31)34-10-2-4-12-14(6-10)35-13-5-9(28)1-3-11(13)25-12/h1-6,15-24,26-27,29-33H,7-8H2/t15-,16-,17-,18+,19-,20-,21-,22-,23-,24+/m1/s1. The zero-order valence-corrected chi connectivity index (χ0v) is 19.7. The third kappa shape index (κ3) is 4.99. The second-order valence-corrected chi connectivity index (χ2v) is 9.10. The van der Waals surface area contributed by atoms with Crippen LogP contribution in [-0.2, 0) is 14.2 Å². The first-order chi connectivity index (χ1) is 18.2. The minimum atomic E-state index is -1.77. The van der Waals surface area contributed by atoms with Crippen molar-refractivity contribution in [2.45, 2.75) is 61.4 Å². The zero-order valence-electron chi connectivity index (χ0n) is 19.7. The molecule has 7 N–H and O–H groups in total. The molecule has 1 aliphatic carbocycles. The van der Waals surface area contributed by atoms with Gasteiger partial charge < -0.3 is 59.1 Å². The van der Waals surface area contributed by atoms with Gasteiger partial charge >= 0.3 is 0 Å². The molecule has 10 atom stereocenters. The molecule has 0 unspecified atom stereocenters. The van der Waals surface area contributed by atoms with Crippen molar-refractivity contribution >= 4 is 11.1 Å². The molecule has 0 spiro atoms. The molecule has 3 heterocycles. The third-order valence-corrected chi connectivity index (χ3v) is 6.54. The van der Waals surface area contributed by atoms with Crippen molar-refractivity contribution in [3.05, 3.63) is 46.6 Å². The number of hydrogen-bond donors (Lipinski definition) is 7. The number of aliphatic hydroxyl groups is 7. The number of hydrogen-bond acceptors (Lipinski definition) is 14. The Morgan fingerprint density at radius 3 is 2.24 bits per heavy atom.